The van der Waals surface area contributed by atoms with Crippen LogP contribution in [0.15, 0.2) is 36.4 Å². The second-order valence-corrected chi connectivity index (χ2v) is 4.92. The Bertz CT molecular complexity index is 458. The second-order valence-electron chi connectivity index (χ2n) is 4.48. The maximum absolute atomic E-state index is 11.7. The van der Waals surface area contributed by atoms with Crippen LogP contribution in [-0.4, -0.2) is 30.3 Å². The fourth-order valence-corrected chi connectivity index (χ4v) is 2.07. The number of halogens is 1. The van der Waals surface area contributed by atoms with E-state index in [1.165, 1.54) is 0 Å². The number of ether oxygens (including phenoxy) is 1. The van der Waals surface area contributed by atoms with Crippen LogP contribution in [0.5, 0.6) is 5.75 Å². The predicted molar refractivity (Wildman–Crippen MR) is 73.2 cm³/mol. The molecule has 1 amide bonds. The number of carbonyl (C=O) groups excluding carboxylic acids is 1. The lowest BCUT2D eigenvalue weighted by molar-refractivity contribution is -0.123. The van der Waals surface area contributed by atoms with Crippen LogP contribution in [0.3, 0.4) is 0 Å². The topological polar surface area (TPSA) is 58.6 Å². The highest BCUT2D eigenvalue weighted by Gasteiger charge is 2.19. The fourth-order valence-electron chi connectivity index (χ4n) is 1.95. The van der Waals surface area contributed by atoms with Gasteiger partial charge in [0.2, 0.25) is 0 Å². The molecule has 102 valence electrons. The van der Waals surface area contributed by atoms with E-state index in [1.807, 2.05) is 12.2 Å². The SMILES string of the molecule is O=C(COc1ccc(Cl)cc1)N[C@@H]1C=C[C@H](CO)C1. The standard InChI is InChI=1S/C14H16ClNO3/c15-11-2-5-13(6-3-11)19-9-14(18)16-12-4-1-10(7-12)8-17/h1-6,10,12,17H,7-9H2,(H,16,18)/t10-,12+/m0/s1. The van der Waals surface area contributed by atoms with Gasteiger partial charge < -0.3 is 15.2 Å². The molecule has 1 aliphatic carbocycles. The Morgan fingerprint density at radius 3 is 2.74 bits per heavy atom. The molecule has 0 saturated heterocycles. The van der Waals surface area contributed by atoms with E-state index in [9.17, 15) is 4.79 Å². The van der Waals surface area contributed by atoms with Gasteiger partial charge in [-0.3, -0.25) is 4.79 Å². The Hall–Kier alpha value is -1.52. The molecule has 2 N–H and O–H groups in total. The summed E-state index contributed by atoms with van der Waals surface area (Å²) in [5.74, 6) is 0.570. The molecule has 1 aromatic carbocycles. The average Bonchev–Trinajstić information content (AvgIpc) is 2.86. The van der Waals surface area contributed by atoms with Gasteiger partial charge in [-0.1, -0.05) is 23.8 Å². The normalized spacial score (nSPS) is 21.4. The van der Waals surface area contributed by atoms with E-state index in [1.54, 1.807) is 24.3 Å². The molecular weight excluding hydrogens is 266 g/mol. The number of hydrogen-bond acceptors (Lipinski definition) is 3. The Kier molecular flexibility index (Phi) is 4.82. The highest BCUT2D eigenvalue weighted by molar-refractivity contribution is 6.30. The predicted octanol–water partition coefficient (Wildman–Crippen LogP) is 1.77. The highest BCUT2D eigenvalue weighted by atomic mass is 35.5. The van der Waals surface area contributed by atoms with Crippen molar-refractivity contribution in [3.63, 3.8) is 0 Å². The van der Waals surface area contributed by atoms with Crippen molar-refractivity contribution in [1.82, 2.24) is 5.32 Å². The third-order valence-electron chi connectivity index (χ3n) is 2.94. The van der Waals surface area contributed by atoms with Crippen molar-refractivity contribution in [3.05, 3.63) is 41.4 Å². The molecule has 0 heterocycles. The third kappa shape index (κ3) is 4.26. The van der Waals surface area contributed by atoms with Crippen molar-refractivity contribution in [1.29, 1.82) is 0 Å². The first kappa shape index (κ1) is 13.9. The molecule has 0 bridgehead atoms. The van der Waals surface area contributed by atoms with Crippen molar-refractivity contribution >= 4 is 17.5 Å². The van der Waals surface area contributed by atoms with Gasteiger partial charge in [-0.2, -0.15) is 0 Å². The summed E-state index contributed by atoms with van der Waals surface area (Å²) in [6.45, 7) is 0.0832. The van der Waals surface area contributed by atoms with Gasteiger partial charge in [0.15, 0.2) is 6.61 Å². The number of aliphatic hydroxyl groups is 1. The molecule has 0 radical (unpaired) electrons. The molecule has 0 spiro atoms. The summed E-state index contributed by atoms with van der Waals surface area (Å²) in [5, 5.41) is 12.5. The number of carbonyl (C=O) groups is 1. The molecule has 0 fully saturated rings. The van der Waals surface area contributed by atoms with E-state index in [2.05, 4.69) is 5.32 Å². The van der Waals surface area contributed by atoms with Crippen molar-refractivity contribution in [2.75, 3.05) is 13.2 Å². The monoisotopic (exact) mass is 281 g/mol. The lowest BCUT2D eigenvalue weighted by Crippen LogP contribution is -2.36. The molecule has 0 aromatic heterocycles. The van der Waals surface area contributed by atoms with Crippen molar-refractivity contribution < 1.29 is 14.6 Å². The van der Waals surface area contributed by atoms with Crippen LogP contribution in [0.4, 0.5) is 0 Å². The van der Waals surface area contributed by atoms with Crippen molar-refractivity contribution in [2.24, 2.45) is 5.92 Å². The first-order chi connectivity index (χ1) is 9.17. The first-order valence-corrected chi connectivity index (χ1v) is 6.52. The van der Waals surface area contributed by atoms with Crippen LogP contribution in [0.25, 0.3) is 0 Å². The van der Waals surface area contributed by atoms with Gasteiger partial charge in [0.25, 0.3) is 5.91 Å². The zero-order valence-electron chi connectivity index (χ0n) is 10.4. The largest absolute Gasteiger partial charge is 0.484 e. The minimum atomic E-state index is -0.178. The maximum atomic E-state index is 11.7. The van der Waals surface area contributed by atoms with Crippen LogP contribution in [0.1, 0.15) is 6.42 Å². The lowest BCUT2D eigenvalue weighted by Gasteiger charge is -2.13. The van der Waals surface area contributed by atoms with Gasteiger partial charge in [0, 0.05) is 23.6 Å². The molecule has 0 unspecified atom stereocenters. The van der Waals surface area contributed by atoms with Gasteiger partial charge >= 0.3 is 0 Å². The van der Waals surface area contributed by atoms with Crippen LogP contribution in [0, 0.1) is 5.92 Å². The summed E-state index contributed by atoms with van der Waals surface area (Å²) >= 11 is 5.75. The summed E-state index contributed by atoms with van der Waals surface area (Å²) in [5.41, 5.74) is 0. The zero-order valence-corrected chi connectivity index (χ0v) is 11.1. The minimum Gasteiger partial charge on any atom is -0.484 e. The third-order valence-corrected chi connectivity index (χ3v) is 3.19. The Morgan fingerprint density at radius 2 is 2.11 bits per heavy atom. The van der Waals surface area contributed by atoms with E-state index < -0.39 is 0 Å². The van der Waals surface area contributed by atoms with Gasteiger partial charge in [0.05, 0.1) is 0 Å². The maximum Gasteiger partial charge on any atom is 0.258 e. The Morgan fingerprint density at radius 1 is 1.37 bits per heavy atom. The zero-order chi connectivity index (χ0) is 13.7. The Balaban J connectivity index is 1.73. The Labute approximate surface area is 117 Å². The molecule has 2 rings (SSSR count). The number of hydrogen-bond donors (Lipinski definition) is 2. The van der Waals surface area contributed by atoms with Crippen LogP contribution in [-0.2, 0) is 4.79 Å². The average molecular weight is 282 g/mol. The second kappa shape index (κ2) is 6.59. The summed E-state index contributed by atoms with van der Waals surface area (Å²) < 4.78 is 5.34. The van der Waals surface area contributed by atoms with E-state index in [0.717, 1.165) is 6.42 Å². The molecule has 4 nitrogen and oxygen atoms in total. The first-order valence-electron chi connectivity index (χ1n) is 6.14. The summed E-state index contributed by atoms with van der Waals surface area (Å²) in [7, 11) is 0. The van der Waals surface area contributed by atoms with E-state index in [4.69, 9.17) is 21.4 Å². The fraction of sp³-hybridized carbons (Fsp3) is 0.357. The van der Waals surface area contributed by atoms with Crippen molar-refractivity contribution in [2.45, 2.75) is 12.5 Å². The molecule has 1 aromatic rings. The molecular formula is C14H16ClNO3. The van der Waals surface area contributed by atoms with Gasteiger partial charge in [0.1, 0.15) is 5.75 Å². The lowest BCUT2D eigenvalue weighted by atomic mass is 10.1. The van der Waals surface area contributed by atoms with Crippen molar-refractivity contribution in [3.8, 4) is 5.75 Å². The molecule has 0 aliphatic heterocycles. The van der Waals surface area contributed by atoms with Gasteiger partial charge in [-0.05, 0) is 30.7 Å². The van der Waals surface area contributed by atoms with Gasteiger partial charge in [-0.25, -0.2) is 0 Å². The van der Waals surface area contributed by atoms with Gasteiger partial charge in [-0.15, -0.1) is 0 Å². The highest BCUT2D eigenvalue weighted by Crippen LogP contribution is 2.17. The minimum absolute atomic E-state index is 0.0153. The number of amides is 1. The smallest absolute Gasteiger partial charge is 0.258 e. The molecule has 5 heteroatoms. The van der Waals surface area contributed by atoms with Crippen LogP contribution in [0.2, 0.25) is 5.02 Å². The number of rotatable bonds is 5. The van der Waals surface area contributed by atoms with E-state index >= 15 is 0 Å². The summed E-state index contributed by atoms with van der Waals surface area (Å²) in [4.78, 5) is 11.7. The molecule has 0 saturated carbocycles. The molecule has 1 aliphatic rings. The summed E-state index contributed by atoms with van der Waals surface area (Å²) in [6, 6.07) is 6.83. The number of benzene rings is 1. The summed E-state index contributed by atoms with van der Waals surface area (Å²) in [6.07, 6.45) is 4.56. The molecule has 19 heavy (non-hydrogen) atoms. The number of aliphatic hydroxyl groups excluding tert-OH is 1. The quantitative estimate of drug-likeness (QED) is 0.809. The van der Waals surface area contributed by atoms with E-state index in [-0.39, 0.29) is 31.1 Å². The molecule has 2 atom stereocenters. The van der Waals surface area contributed by atoms with Crippen LogP contribution >= 0.6 is 11.6 Å². The van der Waals surface area contributed by atoms with Crippen LogP contribution < -0.4 is 10.1 Å². The van der Waals surface area contributed by atoms with E-state index in [0.29, 0.717) is 10.8 Å². The number of nitrogens with one attached hydrogen (secondary N) is 1.